The molecule has 0 aliphatic carbocycles. The van der Waals surface area contributed by atoms with E-state index >= 15 is 0 Å². The largest absolute Gasteiger partial charge is 0.489 e. The third-order valence-corrected chi connectivity index (χ3v) is 3.84. The van der Waals surface area contributed by atoms with Crippen molar-refractivity contribution in [2.75, 3.05) is 0 Å². The van der Waals surface area contributed by atoms with E-state index in [1.54, 1.807) is 0 Å². The molecule has 3 rings (SSSR count). The van der Waals surface area contributed by atoms with E-state index in [1.807, 2.05) is 67.3 Å². The van der Waals surface area contributed by atoms with Crippen molar-refractivity contribution in [1.29, 1.82) is 0 Å². The Kier molecular flexibility index (Phi) is 4.16. The Bertz CT molecular complexity index is 795. The Morgan fingerprint density at radius 1 is 1.14 bits per heavy atom. The van der Waals surface area contributed by atoms with E-state index < -0.39 is 0 Å². The SMILES string of the molecule is Cc1cnn(-c2ccc(OCc3ccccc3Cl)c(C)c2)c1. The standard InChI is InChI=1S/C18H17ClN2O/c1-13-10-20-21(11-13)16-7-8-18(14(2)9-16)22-12-15-5-3-4-6-17(15)19/h3-11H,12H2,1-2H3. The summed E-state index contributed by atoms with van der Waals surface area (Å²) in [5.41, 5.74) is 4.21. The third kappa shape index (κ3) is 3.15. The summed E-state index contributed by atoms with van der Waals surface area (Å²) in [5.74, 6) is 0.854. The maximum Gasteiger partial charge on any atom is 0.122 e. The average Bonchev–Trinajstić information content (AvgIpc) is 2.94. The molecule has 0 amide bonds. The molecule has 1 heterocycles. The quantitative estimate of drug-likeness (QED) is 0.697. The second kappa shape index (κ2) is 6.24. The fraction of sp³-hybridized carbons (Fsp3) is 0.167. The summed E-state index contributed by atoms with van der Waals surface area (Å²) < 4.78 is 7.75. The second-order valence-corrected chi connectivity index (χ2v) is 5.70. The number of halogens is 1. The van der Waals surface area contributed by atoms with Gasteiger partial charge < -0.3 is 4.74 Å². The van der Waals surface area contributed by atoms with Crippen LogP contribution in [0.3, 0.4) is 0 Å². The summed E-state index contributed by atoms with van der Waals surface area (Å²) in [6, 6.07) is 13.8. The number of rotatable bonds is 4. The molecule has 112 valence electrons. The molecular weight excluding hydrogens is 296 g/mol. The fourth-order valence-electron chi connectivity index (χ4n) is 2.26. The van der Waals surface area contributed by atoms with Crippen LogP contribution in [0.15, 0.2) is 54.9 Å². The minimum atomic E-state index is 0.459. The molecule has 0 aliphatic heterocycles. The lowest BCUT2D eigenvalue weighted by Crippen LogP contribution is -2.00. The molecule has 0 fully saturated rings. The zero-order valence-electron chi connectivity index (χ0n) is 12.6. The Morgan fingerprint density at radius 2 is 1.95 bits per heavy atom. The van der Waals surface area contributed by atoms with Gasteiger partial charge in [0, 0.05) is 16.8 Å². The summed E-state index contributed by atoms with van der Waals surface area (Å²) in [4.78, 5) is 0. The van der Waals surface area contributed by atoms with E-state index in [0.717, 1.165) is 33.1 Å². The van der Waals surface area contributed by atoms with Gasteiger partial charge in [0.25, 0.3) is 0 Å². The van der Waals surface area contributed by atoms with Gasteiger partial charge in [-0.3, -0.25) is 0 Å². The van der Waals surface area contributed by atoms with Crippen molar-refractivity contribution in [2.24, 2.45) is 0 Å². The lowest BCUT2D eigenvalue weighted by molar-refractivity contribution is 0.304. The Balaban J connectivity index is 1.77. The van der Waals surface area contributed by atoms with E-state index in [4.69, 9.17) is 16.3 Å². The molecule has 0 saturated carbocycles. The van der Waals surface area contributed by atoms with E-state index in [0.29, 0.717) is 6.61 Å². The summed E-state index contributed by atoms with van der Waals surface area (Å²) in [5, 5.41) is 5.05. The molecule has 0 spiro atoms. The van der Waals surface area contributed by atoms with Gasteiger partial charge in [0.1, 0.15) is 12.4 Å². The average molecular weight is 313 g/mol. The number of aryl methyl sites for hydroxylation is 2. The molecule has 3 nitrogen and oxygen atoms in total. The molecule has 3 aromatic rings. The topological polar surface area (TPSA) is 27.1 Å². The second-order valence-electron chi connectivity index (χ2n) is 5.29. The van der Waals surface area contributed by atoms with Crippen LogP contribution in [0.5, 0.6) is 5.75 Å². The molecule has 2 aromatic carbocycles. The monoisotopic (exact) mass is 312 g/mol. The Hall–Kier alpha value is -2.26. The molecule has 0 aliphatic rings. The molecule has 1 aromatic heterocycles. The van der Waals surface area contributed by atoms with Crippen LogP contribution in [0.2, 0.25) is 5.02 Å². The lowest BCUT2D eigenvalue weighted by atomic mass is 10.2. The lowest BCUT2D eigenvalue weighted by Gasteiger charge is -2.11. The first-order chi connectivity index (χ1) is 10.6. The van der Waals surface area contributed by atoms with Gasteiger partial charge in [0.15, 0.2) is 0 Å². The van der Waals surface area contributed by atoms with Gasteiger partial charge in [-0.05, 0) is 49.2 Å². The van der Waals surface area contributed by atoms with Gasteiger partial charge >= 0.3 is 0 Å². The van der Waals surface area contributed by atoms with Gasteiger partial charge in [-0.15, -0.1) is 0 Å². The van der Waals surface area contributed by atoms with E-state index in [1.165, 1.54) is 0 Å². The highest BCUT2D eigenvalue weighted by Crippen LogP contribution is 2.24. The van der Waals surface area contributed by atoms with Crippen molar-refractivity contribution in [1.82, 2.24) is 9.78 Å². The smallest absolute Gasteiger partial charge is 0.122 e. The van der Waals surface area contributed by atoms with E-state index in [-0.39, 0.29) is 0 Å². The van der Waals surface area contributed by atoms with Crippen LogP contribution < -0.4 is 4.74 Å². The normalized spacial score (nSPS) is 10.7. The van der Waals surface area contributed by atoms with Crippen LogP contribution in [0.1, 0.15) is 16.7 Å². The Labute approximate surface area is 135 Å². The number of ether oxygens (including phenoxy) is 1. The first kappa shape index (κ1) is 14.7. The van der Waals surface area contributed by atoms with Crippen molar-refractivity contribution in [3.63, 3.8) is 0 Å². The summed E-state index contributed by atoms with van der Waals surface area (Å²) in [6.07, 6.45) is 3.84. The number of benzene rings is 2. The maximum atomic E-state index is 6.15. The number of hydrogen-bond acceptors (Lipinski definition) is 2. The number of aromatic nitrogens is 2. The van der Waals surface area contributed by atoms with Gasteiger partial charge in [-0.2, -0.15) is 5.10 Å². The molecule has 0 N–H and O–H groups in total. The van der Waals surface area contributed by atoms with Crippen molar-refractivity contribution in [3.8, 4) is 11.4 Å². The van der Waals surface area contributed by atoms with E-state index in [9.17, 15) is 0 Å². The van der Waals surface area contributed by atoms with Gasteiger partial charge in [-0.1, -0.05) is 29.8 Å². The molecule has 0 atom stereocenters. The summed E-state index contributed by atoms with van der Waals surface area (Å²) in [7, 11) is 0. The van der Waals surface area contributed by atoms with Crippen molar-refractivity contribution in [2.45, 2.75) is 20.5 Å². The molecule has 0 saturated heterocycles. The maximum absolute atomic E-state index is 6.15. The first-order valence-electron chi connectivity index (χ1n) is 7.12. The van der Waals surface area contributed by atoms with Gasteiger partial charge in [0.2, 0.25) is 0 Å². The zero-order chi connectivity index (χ0) is 15.5. The van der Waals surface area contributed by atoms with Crippen LogP contribution in [-0.4, -0.2) is 9.78 Å². The van der Waals surface area contributed by atoms with E-state index in [2.05, 4.69) is 11.2 Å². The molecule has 22 heavy (non-hydrogen) atoms. The highest BCUT2D eigenvalue weighted by molar-refractivity contribution is 6.31. The zero-order valence-corrected chi connectivity index (χ0v) is 13.3. The molecule has 0 unspecified atom stereocenters. The van der Waals surface area contributed by atoms with Gasteiger partial charge in [-0.25, -0.2) is 4.68 Å². The van der Waals surface area contributed by atoms with Crippen LogP contribution >= 0.6 is 11.6 Å². The van der Waals surface area contributed by atoms with Gasteiger partial charge in [0.05, 0.1) is 11.9 Å². The van der Waals surface area contributed by atoms with Crippen LogP contribution in [-0.2, 0) is 6.61 Å². The highest BCUT2D eigenvalue weighted by atomic mass is 35.5. The first-order valence-corrected chi connectivity index (χ1v) is 7.50. The van der Waals surface area contributed by atoms with Crippen molar-refractivity contribution in [3.05, 3.63) is 76.6 Å². The Morgan fingerprint density at radius 3 is 2.64 bits per heavy atom. The fourth-order valence-corrected chi connectivity index (χ4v) is 2.45. The summed E-state index contributed by atoms with van der Waals surface area (Å²) in [6.45, 7) is 4.51. The predicted molar refractivity (Wildman–Crippen MR) is 88.8 cm³/mol. The minimum absolute atomic E-state index is 0.459. The molecule has 4 heteroatoms. The summed E-state index contributed by atoms with van der Waals surface area (Å²) >= 11 is 6.15. The number of nitrogens with zero attached hydrogens (tertiary/aromatic N) is 2. The van der Waals surface area contributed by atoms with Crippen LogP contribution in [0, 0.1) is 13.8 Å². The molecular formula is C18H17ClN2O. The number of hydrogen-bond donors (Lipinski definition) is 0. The van der Waals surface area contributed by atoms with Crippen LogP contribution in [0.4, 0.5) is 0 Å². The predicted octanol–water partition coefficient (Wildman–Crippen LogP) is 4.72. The molecule has 0 radical (unpaired) electrons. The highest BCUT2D eigenvalue weighted by Gasteiger charge is 2.05. The van der Waals surface area contributed by atoms with Crippen molar-refractivity contribution >= 4 is 11.6 Å². The minimum Gasteiger partial charge on any atom is -0.489 e. The molecule has 0 bridgehead atoms. The third-order valence-electron chi connectivity index (χ3n) is 3.48. The van der Waals surface area contributed by atoms with Crippen molar-refractivity contribution < 1.29 is 4.74 Å². The van der Waals surface area contributed by atoms with Crippen LogP contribution in [0.25, 0.3) is 5.69 Å².